The van der Waals surface area contributed by atoms with Crippen LogP contribution in [0.25, 0.3) is 10.4 Å². The van der Waals surface area contributed by atoms with E-state index in [9.17, 15) is 13.6 Å². The van der Waals surface area contributed by atoms with Gasteiger partial charge >= 0.3 is 5.97 Å². The topological polar surface area (TPSA) is 64.1 Å². The molecule has 8 heteroatoms. The molecule has 0 aromatic carbocycles. The summed E-state index contributed by atoms with van der Waals surface area (Å²) in [4.78, 5) is 20.4. The molecule has 5 nitrogen and oxygen atoms in total. The van der Waals surface area contributed by atoms with Crippen LogP contribution in [0.4, 0.5) is 14.6 Å². The molecule has 1 fully saturated rings. The van der Waals surface area contributed by atoms with Gasteiger partial charge in [0.2, 0.25) is 5.01 Å². The van der Waals surface area contributed by atoms with Gasteiger partial charge in [-0.1, -0.05) is 0 Å². The maximum absolute atomic E-state index is 13.5. The molecule has 1 N–H and O–H groups in total. The Kier molecular flexibility index (Phi) is 4.99. The highest BCUT2D eigenvalue weighted by Gasteiger charge is 2.32. The molecule has 0 radical (unpaired) electrons. The molecule has 0 bridgehead atoms. The quantitative estimate of drug-likeness (QED) is 0.752. The number of nitrogens with zero attached hydrogens (tertiary/aromatic N) is 2. The number of rotatable bonds is 6. The summed E-state index contributed by atoms with van der Waals surface area (Å²) in [5.74, 6) is -0.113. The highest BCUT2D eigenvalue weighted by molar-refractivity contribution is 7.16. The molecular formula is C17H19F2N3O2S. The van der Waals surface area contributed by atoms with Crippen LogP contribution in [0, 0.1) is 0 Å². The van der Waals surface area contributed by atoms with E-state index < -0.39 is 12.4 Å². The van der Waals surface area contributed by atoms with Crippen LogP contribution in [0.3, 0.4) is 0 Å². The van der Waals surface area contributed by atoms with Crippen molar-refractivity contribution in [2.45, 2.75) is 45.1 Å². The summed E-state index contributed by atoms with van der Waals surface area (Å²) in [7, 11) is 0. The van der Waals surface area contributed by atoms with Gasteiger partial charge in [-0.2, -0.15) is 0 Å². The van der Waals surface area contributed by atoms with Gasteiger partial charge in [0.15, 0.2) is 0 Å². The monoisotopic (exact) mass is 367 g/mol. The van der Waals surface area contributed by atoms with Crippen molar-refractivity contribution in [1.29, 1.82) is 0 Å². The minimum absolute atomic E-state index is 0.0739. The molecule has 25 heavy (non-hydrogen) atoms. The van der Waals surface area contributed by atoms with E-state index in [1.807, 2.05) is 0 Å². The molecule has 3 rings (SSSR count). The first-order valence-corrected chi connectivity index (χ1v) is 8.93. The van der Waals surface area contributed by atoms with E-state index in [-0.39, 0.29) is 28.3 Å². The average molecular weight is 367 g/mol. The molecule has 0 aliphatic heterocycles. The van der Waals surface area contributed by atoms with Crippen molar-refractivity contribution in [3.05, 3.63) is 29.0 Å². The molecule has 0 spiro atoms. The van der Waals surface area contributed by atoms with Gasteiger partial charge in [-0.05, 0) is 39.2 Å². The molecule has 2 aromatic rings. The number of ether oxygens (including phenoxy) is 1. The number of aromatic nitrogens is 2. The summed E-state index contributed by atoms with van der Waals surface area (Å²) in [5, 5.41) is 3.38. The van der Waals surface area contributed by atoms with Gasteiger partial charge in [-0.3, -0.25) is 0 Å². The Bertz CT molecular complexity index is 775. The number of hydrogen-bond donors (Lipinski definition) is 1. The molecule has 134 valence electrons. The lowest BCUT2D eigenvalue weighted by Gasteiger charge is -2.39. The number of nitrogens with one attached hydrogen (secondary N) is 1. The van der Waals surface area contributed by atoms with Crippen LogP contribution in [0.15, 0.2) is 18.5 Å². The Morgan fingerprint density at radius 3 is 2.76 bits per heavy atom. The van der Waals surface area contributed by atoms with Crippen LogP contribution in [-0.4, -0.2) is 28.1 Å². The molecular weight excluding hydrogens is 348 g/mol. The fraction of sp³-hybridized carbons (Fsp3) is 0.471. The smallest absolute Gasteiger partial charge is 0.367 e. The largest absolute Gasteiger partial charge is 0.461 e. The molecule has 2 heterocycles. The van der Waals surface area contributed by atoms with Crippen LogP contribution < -0.4 is 5.32 Å². The summed E-state index contributed by atoms with van der Waals surface area (Å²) in [6.07, 6.45) is 3.28. The van der Waals surface area contributed by atoms with Crippen molar-refractivity contribution in [2.75, 3.05) is 11.9 Å². The van der Waals surface area contributed by atoms with Gasteiger partial charge in [0.1, 0.15) is 5.82 Å². The van der Waals surface area contributed by atoms with Crippen LogP contribution in [0.5, 0.6) is 0 Å². The second kappa shape index (κ2) is 7.03. The van der Waals surface area contributed by atoms with Crippen molar-refractivity contribution in [1.82, 2.24) is 9.97 Å². The maximum Gasteiger partial charge on any atom is 0.367 e. The van der Waals surface area contributed by atoms with Gasteiger partial charge < -0.3 is 10.1 Å². The number of alkyl halides is 2. The number of thiazole rings is 1. The third-order valence-corrected chi connectivity index (χ3v) is 5.29. The minimum Gasteiger partial charge on any atom is -0.461 e. The van der Waals surface area contributed by atoms with Gasteiger partial charge in [0.05, 0.1) is 11.5 Å². The van der Waals surface area contributed by atoms with E-state index in [4.69, 9.17) is 4.74 Å². The Morgan fingerprint density at radius 2 is 2.16 bits per heavy atom. The highest BCUT2D eigenvalue weighted by atomic mass is 32.1. The van der Waals surface area contributed by atoms with E-state index in [1.165, 1.54) is 18.5 Å². The first-order valence-electron chi connectivity index (χ1n) is 8.11. The molecule has 1 aliphatic carbocycles. The zero-order chi connectivity index (χ0) is 18.0. The van der Waals surface area contributed by atoms with Gasteiger partial charge in [-0.25, -0.2) is 23.5 Å². The predicted octanol–water partition coefficient (Wildman–Crippen LogP) is 4.67. The fourth-order valence-corrected chi connectivity index (χ4v) is 3.59. The Labute approximate surface area is 148 Å². The molecule has 1 aliphatic rings. The van der Waals surface area contributed by atoms with Gasteiger partial charge in [0.25, 0.3) is 6.43 Å². The third kappa shape index (κ3) is 3.78. The van der Waals surface area contributed by atoms with E-state index in [0.29, 0.717) is 10.7 Å². The number of anilines is 1. The molecule has 0 atom stereocenters. The summed E-state index contributed by atoms with van der Waals surface area (Å²) < 4.78 is 32.0. The van der Waals surface area contributed by atoms with Crippen molar-refractivity contribution in [3.63, 3.8) is 0 Å². The number of carbonyl (C=O) groups is 1. The normalized spacial score (nSPS) is 15.7. The summed E-state index contributed by atoms with van der Waals surface area (Å²) in [6, 6.07) is 1.38. The van der Waals surface area contributed by atoms with Crippen molar-refractivity contribution < 1.29 is 18.3 Å². The second-order valence-electron chi connectivity index (χ2n) is 6.25. The van der Waals surface area contributed by atoms with Crippen LogP contribution in [0.2, 0.25) is 0 Å². The fourth-order valence-electron chi connectivity index (χ4n) is 2.75. The SMILES string of the molecule is CCOC(=O)c1ncc(-c2cnc(NC3(C)CCC3)cc2C(F)F)s1. The first-order chi connectivity index (χ1) is 11.9. The lowest BCUT2D eigenvalue weighted by atomic mass is 9.78. The van der Waals surface area contributed by atoms with Gasteiger partial charge in [0, 0.05) is 29.1 Å². The maximum atomic E-state index is 13.5. The zero-order valence-corrected chi connectivity index (χ0v) is 14.8. The number of carbonyl (C=O) groups excluding carboxylic acids is 1. The molecule has 2 aromatic heterocycles. The average Bonchev–Trinajstić information content (AvgIpc) is 3.03. The third-order valence-electron chi connectivity index (χ3n) is 4.28. The van der Waals surface area contributed by atoms with Crippen molar-refractivity contribution >= 4 is 23.1 Å². The minimum atomic E-state index is -2.65. The van der Waals surface area contributed by atoms with Crippen molar-refractivity contribution in [2.24, 2.45) is 0 Å². The van der Waals surface area contributed by atoms with E-state index >= 15 is 0 Å². The van der Waals surface area contributed by atoms with E-state index in [2.05, 4.69) is 22.2 Å². The molecule has 1 saturated carbocycles. The number of hydrogen-bond acceptors (Lipinski definition) is 6. The summed E-state index contributed by atoms with van der Waals surface area (Å²) in [6.45, 7) is 3.99. The summed E-state index contributed by atoms with van der Waals surface area (Å²) in [5.41, 5.74) is 0.0852. The Balaban J connectivity index is 1.89. The van der Waals surface area contributed by atoms with Crippen LogP contribution in [0.1, 0.15) is 54.9 Å². The number of halogens is 2. The lowest BCUT2D eigenvalue weighted by Crippen LogP contribution is -2.41. The zero-order valence-electron chi connectivity index (χ0n) is 14.0. The van der Waals surface area contributed by atoms with Crippen LogP contribution in [-0.2, 0) is 4.74 Å². The number of esters is 1. The van der Waals surface area contributed by atoms with Crippen LogP contribution >= 0.6 is 11.3 Å². The van der Waals surface area contributed by atoms with E-state index in [1.54, 1.807) is 6.92 Å². The number of pyridine rings is 1. The van der Waals surface area contributed by atoms with E-state index in [0.717, 1.165) is 30.6 Å². The standard InChI is InChI=1S/C17H19F2N3O2S/c1-3-24-16(23)15-21-9-12(25-15)11-8-20-13(7-10(11)14(18)19)22-17(2)5-4-6-17/h7-9,14H,3-6H2,1-2H3,(H,20,22). The summed E-state index contributed by atoms with van der Waals surface area (Å²) >= 11 is 1.02. The first kappa shape index (κ1) is 17.7. The molecule has 0 amide bonds. The Hall–Kier alpha value is -2.09. The molecule has 0 saturated heterocycles. The Morgan fingerprint density at radius 1 is 1.40 bits per heavy atom. The van der Waals surface area contributed by atoms with Gasteiger partial charge in [-0.15, -0.1) is 11.3 Å². The molecule has 0 unspecified atom stereocenters. The highest BCUT2D eigenvalue weighted by Crippen LogP contribution is 2.38. The predicted molar refractivity (Wildman–Crippen MR) is 92.1 cm³/mol. The second-order valence-corrected chi connectivity index (χ2v) is 7.28. The lowest BCUT2D eigenvalue weighted by molar-refractivity contribution is 0.0526. The van der Waals surface area contributed by atoms with Crippen molar-refractivity contribution in [3.8, 4) is 10.4 Å².